The number of rotatable bonds is 48. The zero-order valence-corrected chi connectivity index (χ0v) is 41.9. The molecule has 0 aromatic heterocycles. The Hall–Kier alpha value is -3.95. The van der Waals surface area contributed by atoms with Crippen molar-refractivity contribution in [2.75, 3.05) is 85.6 Å². The zero-order chi connectivity index (χ0) is 50.4. The van der Waals surface area contributed by atoms with E-state index in [1.165, 1.54) is 44.9 Å². The predicted molar refractivity (Wildman–Crippen MR) is 257 cm³/mol. The van der Waals surface area contributed by atoms with Crippen LogP contribution in [0.2, 0.25) is 0 Å². The number of nitrogens with two attached hydrogens (primary N) is 1. The lowest BCUT2D eigenvalue weighted by atomic mass is 10.0. The van der Waals surface area contributed by atoms with Crippen molar-refractivity contribution in [2.45, 2.75) is 180 Å². The number of carbonyl (C=O) groups excluding carboxylic acids is 6. The Morgan fingerprint density at radius 1 is 0.426 bits per heavy atom. The minimum Gasteiger partial charge on any atom is -0.481 e. The number of esters is 1. The van der Waals surface area contributed by atoms with Crippen LogP contribution in [0.5, 0.6) is 0 Å². The first-order valence-corrected chi connectivity index (χ1v) is 25.2. The molecule has 20 heteroatoms. The van der Waals surface area contributed by atoms with Crippen molar-refractivity contribution < 1.29 is 67.2 Å². The summed E-state index contributed by atoms with van der Waals surface area (Å²) in [4.78, 5) is 88.2. The Kier molecular flexibility index (Phi) is 42.8. The average molecular weight is 975 g/mol. The van der Waals surface area contributed by atoms with E-state index in [0.29, 0.717) is 78.4 Å². The largest absolute Gasteiger partial charge is 0.481 e. The van der Waals surface area contributed by atoms with E-state index in [1.54, 1.807) is 20.8 Å². The summed E-state index contributed by atoms with van der Waals surface area (Å²) in [6, 6.07) is -0.746. The molecule has 0 aromatic carbocycles. The fourth-order valence-electron chi connectivity index (χ4n) is 6.60. The van der Waals surface area contributed by atoms with Crippen LogP contribution in [0.25, 0.3) is 0 Å². The van der Waals surface area contributed by atoms with Crippen molar-refractivity contribution in [3.8, 4) is 0 Å². The van der Waals surface area contributed by atoms with Gasteiger partial charge in [-0.05, 0) is 52.9 Å². The SMILES string of the molecule is CC(C)(C)OC(=O)[C@H](CCCCNC(=O)CCOCCOCCNC(=O)CCOCCOCCNC(=O)CCC(=O)NCCON)NC(=O)CCCCCCCCCCCCCCCCC(=O)O. The van der Waals surface area contributed by atoms with Gasteiger partial charge in [0.2, 0.25) is 29.5 Å². The van der Waals surface area contributed by atoms with Gasteiger partial charge in [0.05, 0.1) is 59.5 Å². The number of nitrogens with one attached hydrogen (secondary N) is 5. The van der Waals surface area contributed by atoms with Gasteiger partial charge >= 0.3 is 11.9 Å². The summed E-state index contributed by atoms with van der Waals surface area (Å²) < 4.78 is 27.3. The lowest BCUT2D eigenvalue weighted by Crippen LogP contribution is -2.44. The molecule has 0 bridgehead atoms. The smallest absolute Gasteiger partial charge is 0.329 e. The first-order chi connectivity index (χ1) is 32.7. The molecule has 8 N–H and O–H groups in total. The van der Waals surface area contributed by atoms with Crippen LogP contribution in [-0.2, 0) is 62.1 Å². The van der Waals surface area contributed by atoms with Gasteiger partial charge < -0.3 is 60.2 Å². The number of carboxylic acids is 1. The van der Waals surface area contributed by atoms with Gasteiger partial charge in [0.15, 0.2) is 0 Å². The molecule has 0 fully saturated rings. The summed E-state index contributed by atoms with van der Waals surface area (Å²) in [5, 5.41) is 22.4. The maximum atomic E-state index is 12.9. The number of unbranched alkanes of at least 4 members (excludes halogenated alkanes) is 14. The quantitative estimate of drug-likeness (QED) is 0.0254. The Balaban J connectivity index is 3.86. The highest BCUT2D eigenvalue weighted by atomic mass is 16.6. The van der Waals surface area contributed by atoms with E-state index in [2.05, 4.69) is 31.4 Å². The van der Waals surface area contributed by atoms with Crippen LogP contribution in [0.3, 0.4) is 0 Å². The van der Waals surface area contributed by atoms with Gasteiger partial charge in [-0.3, -0.25) is 28.8 Å². The molecule has 0 aliphatic heterocycles. The third-order valence-corrected chi connectivity index (χ3v) is 10.3. The number of carbonyl (C=O) groups is 7. The average Bonchev–Trinajstić information content (AvgIpc) is 3.28. The lowest BCUT2D eigenvalue weighted by molar-refractivity contribution is -0.159. The second kappa shape index (κ2) is 45.5. The van der Waals surface area contributed by atoms with Crippen molar-refractivity contribution in [3.05, 3.63) is 0 Å². The van der Waals surface area contributed by atoms with E-state index in [1.807, 2.05) is 0 Å². The van der Waals surface area contributed by atoms with Gasteiger partial charge in [-0.15, -0.1) is 0 Å². The van der Waals surface area contributed by atoms with Crippen LogP contribution in [-0.4, -0.2) is 144 Å². The minimum absolute atomic E-state index is 0.0646. The molecule has 0 unspecified atom stereocenters. The normalized spacial score (nSPS) is 11.7. The summed E-state index contributed by atoms with van der Waals surface area (Å²) in [5.41, 5.74) is -0.681. The summed E-state index contributed by atoms with van der Waals surface area (Å²) in [5.74, 6) is 2.73. The number of hydrogen-bond donors (Lipinski definition) is 7. The number of hydrogen-bond acceptors (Lipinski definition) is 14. The van der Waals surface area contributed by atoms with E-state index < -0.39 is 23.6 Å². The Morgan fingerprint density at radius 3 is 1.24 bits per heavy atom. The third-order valence-electron chi connectivity index (χ3n) is 10.3. The molecule has 20 nitrogen and oxygen atoms in total. The highest BCUT2D eigenvalue weighted by molar-refractivity contribution is 5.85. The number of aliphatic carboxylic acids is 1. The van der Waals surface area contributed by atoms with Crippen molar-refractivity contribution in [1.29, 1.82) is 0 Å². The van der Waals surface area contributed by atoms with E-state index >= 15 is 0 Å². The van der Waals surface area contributed by atoms with Crippen molar-refractivity contribution in [1.82, 2.24) is 26.6 Å². The first kappa shape index (κ1) is 64.0. The molecule has 1 atom stereocenters. The highest BCUT2D eigenvalue weighted by Gasteiger charge is 2.26. The molecule has 68 heavy (non-hydrogen) atoms. The molecule has 0 aromatic rings. The summed E-state index contributed by atoms with van der Waals surface area (Å²) in [6.07, 6.45) is 18.3. The fraction of sp³-hybridized carbons (Fsp3) is 0.854. The minimum atomic E-state index is -0.746. The van der Waals surface area contributed by atoms with Gasteiger partial charge in [-0.25, -0.2) is 10.7 Å². The van der Waals surface area contributed by atoms with Crippen LogP contribution >= 0.6 is 0 Å². The van der Waals surface area contributed by atoms with Gasteiger partial charge in [0.25, 0.3) is 0 Å². The number of ether oxygens (including phenoxy) is 5. The summed E-state index contributed by atoms with van der Waals surface area (Å²) >= 11 is 0. The predicted octanol–water partition coefficient (Wildman–Crippen LogP) is 4.29. The van der Waals surface area contributed by atoms with Crippen LogP contribution in [0.1, 0.15) is 168 Å². The molecule has 0 rings (SSSR count). The number of amides is 5. The van der Waals surface area contributed by atoms with E-state index in [-0.39, 0.29) is 94.6 Å². The second-order valence-corrected chi connectivity index (χ2v) is 17.7. The Bertz CT molecular complexity index is 1340. The standard InChI is InChI=1S/C48H90N6O14/c1-48(2,3)68-47(62)40(54-45(59)21-16-14-12-10-8-6-4-5-7-9-11-13-15-17-22-46(60)61)20-18-19-27-50-43(57)25-31-63-36-39-66-34-29-52-44(58)26-32-64-37-38-65-33-28-51-41(55)23-24-42(56)53-30-35-67-49/h40H,4-39,49H2,1-3H3,(H,50,57)(H,51,55)(H,52,58)(H,53,56)(H,54,59)(H,60,61)/t40-/m0/s1. The van der Waals surface area contributed by atoms with Gasteiger partial charge in [0, 0.05) is 64.7 Å². The van der Waals surface area contributed by atoms with Crippen LogP contribution in [0.15, 0.2) is 0 Å². The van der Waals surface area contributed by atoms with Crippen LogP contribution in [0, 0.1) is 0 Å². The highest BCUT2D eigenvalue weighted by Crippen LogP contribution is 2.15. The van der Waals surface area contributed by atoms with Crippen molar-refractivity contribution in [2.24, 2.45) is 5.90 Å². The van der Waals surface area contributed by atoms with Crippen molar-refractivity contribution in [3.63, 3.8) is 0 Å². The maximum absolute atomic E-state index is 12.9. The Labute approximate surface area is 406 Å². The molecule has 0 spiro atoms. The molecule has 0 radical (unpaired) electrons. The lowest BCUT2D eigenvalue weighted by Gasteiger charge is -2.24. The van der Waals surface area contributed by atoms with Crippen molar-refractivity contribution >= 4 is 41.5 Å². The third kappa shape index (κ3) is 47.1. The fourth-order valence-corrected chi connectivity index (χ4v) is 6.60. The molecule has 0 heterocycles. The molecule has 5 amide bonds. The Morgan fingerprint density at radius 2 is 0.809 bits per heavy atom. The molecular formula is C48H90N6O14. The summed E-state index contributed by atoms with van der Waals surface area (Å²) in [7, 11) is 0. The molecule has 0 aliphatic rings. The van der Waals surface area contributed by atoms with Crippen LogP contribution in [0.4, 0.5) is 0 Å². The molecule has 0 saturated heterocycles. The molecular weight excluding hydrogens is 885 g/mol. The monoisotopic (exact) mass is 975 g/mol. The van der Waals surface area contributed by atoms with E-state index in [9.17, 15) is 33.6 Å². The van der Waals surface area contributed by atoms with Crippen LogP contribution < -0.4 is 32.5 Å². The summed E-state index contributed by atoms with van der Waals surface area (Å²) in [6.45, 7) is 9.21. The molecule has 0 aliphatic carbocycles. The number of carboxylic acid groups (broad SMARTS) is 1. The molecule has 396 valence electrons. The van der Waals surface area contributed by atoms with Gasteiger partial charge in [0.1, 0.15) is 11.6 Å². The zero-order valence-electron chi connectivity index (χ0n) is 41.9. The van der Waals surface area contributed by atoms with Gasteiger partial charge in [-0.2, -0.15) is 0 Å². The topological polar surface area (TPSA) is 281 Å². The second-order valence-electron chi connectivity index (χ2n) is 17.7. The van der Waals surface area contributed by atoms with E-state index in [4.69, 9.17) is 34.7 Å². The maximum Gasteiger partial charge on any atom is 0.329 e. The van der Waals surface area contributed by atoms with E-state index in [0.717, 1.165) is 44.9 Å². The first-order valence-electron chi connectivity index (χ1n) is 25.2. The molecule has 0 saturated carbocycles. The van der Waals surface area contributed by atoms with Gasteiger partial charge in [-0.1, -0.05) is 77.0 Å².